The lowest BCUT2D eigenvalue weighted by Crippen LogP contribution is -2.42. The molecule has 1 amide bonds. The highest BCUT2D eigenvalue weighted by atomic mass is 16.5. The Hall–Kier alpha value is -1.63. The summed E-state index contributed by atoms with van der Waals surface area (Å²) in [6, 6.07) is -0.914. The number of likely N-dealkylation sites (tertiary alicyclic amines) is 1. The number of nitrogens with one attached hydrogen (secondary N) is 1. The largest absolute Gasteiger partial charge is 0.480 e. The smallest absolute Gasteiger partial charge is 0.320 e. The Labute approximate surface area is 118 Å². The molecule has 1 atom stereocenters. The number of hydrogen-bond acceptors (Lipinski definition) is 5. The first-order valence-electron chi connectivity index (χ1n) is 6.85. The van der Waals surface area contributed by atoms with Crippen molar-refractivity contribution in [1.82, 2.24) is 10.2 Å². The van der Waals surface area contributed by atoms with Crippen LogP contribution >= 0.6 is 0 Å². The first-order chi connectivity index (χ1) is 9.54. The SMILES string of the molecule is COC(=O)CNC(CCC(=O)N1CCCCC1)C(=O)O. The quantitative estimate of drug-likeness (QED) is 0.639. The highest BCUT2D eigenvalue weighted by Crippen LogP contribution is 2.11. The standard InChI is InChI=1S/C13H22N2O5/c1-20-12(17)9-14-10(13(18)19)5-6-11(16)15-7-3-2-4-8-15/h10,14H,2-9H2,1H3,(H,18,19). The average molecular weight is 286 g/mol. The highest BCUT2D eigenvalue weighted by molar-refractivity contribution is 5.79. The van der Waals surface area contributed by atoms with Crippen molar-refractivity contribution in [3.8, 4) is 0 Å². The zero-order valence-corrected chi connectivity index (χ0v) is 11.8. The Morgan fingerprint density at radius 2 is 1.90 bits per heavy atom. The fourth-order valence-electron chi connectivity index (χ4n) is 2.16. The molecule has 0 aliphatic carbocycles. The van der Waals surface area contributed by atoms with Crippen molar-refractivity contribution in [2.75, 3.05) is 26.7 Å². The van der Waals surface area contributed by atoms with Gasteiger partial charge in [0.1, 0.15) is 6.04 Å². The first kappa shape index (κ1) is 16.4. The van der Waals surface area contributed by atoms with E-state index in [4.69, 9.17) is 5.11 Å². The molecule has 0 radical (unpaired) electrons. The normalized spacial score (nSPS) is 16.6. The minimum atomic E-state index is -1.07. The summed E-state index contributed by atoms with van der Waals surface area (Å²) in [6.45, 7) is 1.34. The summed E-state index contributed by atoms with van der Waals surface area (Å²) in [5, 5.41) is 11.6. The van der Waals surface area contributed by atoms with Crippen molar-refractivity contribution in [1.29, 1.82) is 0 Å². The van der Waals surface area contributed by atoms with E-state index in [0.29, 0.717) is 0 Å². The summed E-state index contributed by atoms with van der Waals surface area (Å²) >= 11 is 0. The van der Waals surface area contributed by atoms with Gasteiger partial charge in [0.05, 0.1) is 13.7 Å². The molecule has 0 spiro atoms. The van der Waals surface area contributed by atoms with Crippen LogP contribution in [0.2, 0.25) is 0 Å². The molecule has 1 rings (SSSR count). The summed E-state index contributed by atoms with van der Waals surface area (Å²) in [4.78, 5) is 35.7. The number of amides is 1. The molecule has 1 fully saturated rings. The van der Waals surface area contributed by atoms with Gasteiger partial charge in [0.15, 0.2) is 0 Å². The zero-order valence-electron chi connectivity index (χ0n) is 11.8. The lowest BCUT2D eigenvalue weighted by molar-refractivity contribution is -0.141. The number of aliphatic carboxylic acids is 1. The van der Waals surface area contributed by atoms with Crippen LogP contribution < -0.4 is 5.32 Å². The Morgan fingerprint density at radius 1 is 1.25 bits per heavy atom. The number of carbonyl (C=O) groups excluding carboxylic acids is 2. The fourth-order valence-corrected chi connectivity index (χ4v) is 2.16. The van der Waals surface area contributed by atoms with Gasteiger partial charge in [-0.15, -0.1) is 0 Å². The van der Waals surface area contributed by atoms with E-state index in [9.17, 15) is 14.4 Å². The predicted molar refractivity (Wildman–Crippen MR) is 71.1 cm³/mol. The molecule has 20 heavy (non-hydrogen) atoms. The van der Waals surface area contributed by atoms with E-state index in [0.717, 1.165) is 32.4 Å². The number of piperidine rings is 1. The third-order valence-corrected chi connectivity index (χ3v) is 3.37. The second kappa shape index (κ2) is 8.52. The van der Waals surface area contributed by atoms with Gasteiger partial charge in [-0.05, 0) is 25.7 Å². The van der Waals surface area contributed by atoms with Gasteiger partial charge in [-0.3, -0.25) is 19.7 Å². The van der Waals surface area contributed by atoms with E-state index in [2.05, 4.69) is 10.1 Å². The summed E-state index contributed by atoms with van der Waals surface area (Å²) in [5.41, 5.74) is 0. The maximum atomic E-state index is 11.9. The van der Waals surface area contributed by atoms with Gasteiger partial charge in [-0.2, -0.15) is 0 Å². The number of esters is 1. The van der Waals surface area contributed by atoms with E-state index < -0.39 is 18.0 Å². The monoisotopic (exact) mass is 286 g/mol. The summed E-state index contributed by atoms with van der Waals surface area (Å²) in [5.74, 6) is -1.62. The number of carboxylic acids is 1. The molecule has 114 valence electrons. The van der Waals surface area contributed by atoms with Crippen LogP contribution in [0.1, 0.15) is 32.1 Å². The summed E-state index contributed by atoms with van der Waals surface area (Å²) in [7, 11) is 1.24. The molecule has 2 N–H and O–H groups in total. The second-order valence-electron chi connectivity index (χ2n) is 4.83. The van der Waals surface area contributed by atoms with Gasteiger partial charge in [0, 0.05) is 19.5 Å². The molecule has 7 heteroatoms. The summed E-state index contributed by atoms with van der Waals surface area (Å²) in [6.07, 6.45) is 3.50. The predicted octanol–water partition coefficient (Wildman–Crippen LogP) is -0.00510. The first-order valence-corrected chi connectivity index (χ1v) is 6.85. The van der Waals surface area contributed by atoms with E-state index in [1.54, 1.807) is 4.90 Å². The van der Waals surface area contributed by atoms with E-state index in [1.165, 1.54) is 7.11 Å². The van der Waals surface area contributed by atoms with Crippen molar-refractivity contribution < 1.29 is 24.2 Å². The van der Waals surface area contributed by atoms with Crippen molar-refractivity contribution in [3.05, 3.63) is 0 Å². The maximum absolute atomic E-state index is 11.9. The number of carboxylic acid groups (broad SMARTS) is 1. The number of methoxy groups -OCH3 is 1. The Balaban J connectivity index is 2.35. The van der Waals surface area contributed by atoms with Gasteiger partial charge in [0.25, 0.3) is 0 Å². The number of nitrogens with zero attached hydrogens (tertiary/aromatic N) is 1. The van der Waals surface area contributed by atoms with Gasteiger partial charge >= 0.3 is 11.9 Å². The summed E-state index contributed by atoms with van der Waals surface area (Å²) < 4.78 is 4.43. The molecule has 1 aliphatic heterocycles. The number of rotatable bonds is 7. The zero-order chi connectivity index (χ0) is 15.0. The van der Waals surface area contributed by atoms with Crippen LogP contribution in [-0.2, 0) is 19.1 Å². The van der Waals surface area contributed by atoms with Crippen LogP contribution in [0, 0.1) is 0 Å². The van der Waals surface area contributed by atoms with E-state index >= 15 is 0 Å². The molecule has 1 unspecified atom stereocenters. The molecule has 7 nitrogen and oxygen atoms in total. The van der Waals surface area contributed by atoms with Crippen LogP contribution in [0.15, 0.2) is 0 Å². The molecule has 0 saturated carbocycles. The number of carbonyl (C=O) groups is 3. The Bertz CT molecular complexity index is 353. The Morgan fingerprint density at radius 3 is 2.45 bits per heavy atom. The molecule has 1 aliphatic rings. The maximum Gasteiger partial charge on any atom is 0.320 e. The van der Waals surface area contributed by atoms with Crippen LogP contribution in [0.4, 0.5) is 0 Å². The van der Waals surface area contributed by atoms with Crippen LogP contribution in [0.25, 0.3) is 0 Å². The van der Waals surface area contributed by atoms with Gasteiger partial charge < -0.3 is 14.7 Å². The van der Waals surface area contributed by atoms with E-state index in [-0.39, 0.29) is 25.3 Å². The minimum Gasteiger partial charge on any atom is -0.480 e. The second-order valence-corrected chi connectivity index (χ2v) is 4.83. The molecule has 0 aromatic rings. The van der Waals surface area contributed by atoms with Crippen LogP contribution in [0.3, 0.4) is 0 Å². The minimum absolute atomic E-state index is 0.0178. The molecule has 1 heterocycles. The molecule has 0 aromatic heterocycles. The van der Waals surface area contributed by atoms with Gasteiger partial charge in [-0.1, -0.05) is 0 Å². The topological polar surface area (TPSA) is 95.9 Å². The van der Waals surface area contributed by atoms with Crippen molar-refractivity contribution in [2.24, 2.45) is 0 Å². The van der Waals surface area contributed by atoms with Crippen molar-refractivity contribution in [3.63, 3.8) is 0 Å². The molecular weight excluding hydrogens is 264 g/mol. The van der Waals surface area contributed by atoms with Crippen LogP contribution in [0.5, 0.6) is 0 Å². The number of ether oxygens (including phenoxy) is 1. The fraction of sp³-hybridized carbons (Fsp3) is 0.769. The van der Waals surface area contributed by atoms with Crippen LogP contribution in [-0.4, -0.2) is 60.6 Å². The van der Waals surface area contributed by atoms with Gasteiger partial charge in [-0.25, -0.2) is 0 Å². The molecule has 0 aromatic carbocycles. The van der Waals surface area contributed by atoms with Gasteiger partial charge in [0.2, 0.25) is 5.91 Å². The third kappa shape index (κ3) is 5.56. The van der Waals surface area contributed by atoms with Crippen molar-refractivity contribution >= 4 is 17.8 Å². The average Bonchev–Trinajstić information content (AvgIpc) is 2.47. The lowest BCUT2D eigenvalue weighted by Gasteiger charge is -2.27. The third-order valence-electron chi connectivity index (χ3n) is 3.37. The molecular formula is C13H22N2O5. The van der Waals surface area contributed by atoms with E-state index in [1.807, 2.05) is 0 Å². The Kier molecular flexibility index (Phi) is 7.00. The highest BCUT2D eigenvalue weighted by Gasteiger charge is 2.22. The van der Waals surface area contributed by atoms with Crippen molar-refractivity contribution in [2.45, 2.75) is 38.1 Å². The molecule has 0 bridgehead atoms. The lowest BCUT2D eigenvalue weighted by atomic mass is 10.1. The molecule has 1 saturated heterocycles. The number of hydrogen-bond donors (Lipinski definition) is 2.